The smallest absolute Gasteiger partial charge is 0.101 e. The Morgan fingerprint density at radius 1 is 1.62 bits per heavy atom. The topological polar surface area (TPSA) is 68.9 Å². The monoisotopic (exact) mass is 177 g/mol. The highest BCUT2D eigenvalue weighted by atomic mass is 16.3. The molecular weight excluding hydrogens is 166 g/mol. The molecule has 1 heterocycles. The van der Waals surface area contributed by atoms with E-state index < -0.39 is 0 Å². The molecule has 0 aliphatic carbocycles. The van der Waals surface area contributed by atoms with Gasteiger partial charge in [0.2, 0.25) is 0 Å². The number of hydrogen-bond acceptors (Lipinski definition) is 4. The summed E-state index contributed by atoms with van der Waals surface area (Å²) in [6.45, 7) is 0.798. The number of aromatic nitrogens is 1. The van der Waals surface area contributed by atoms with Gasteiger partial charge in [-0.2, -0.15) is 5.26 Å². The normalized spacial score (nSPS) is 9.23. The molecule has 1 rings (SSSR count). The van der Waals surface area contributed by atoms with Gasteiger partial charge in [0.25, 0.3) is 0 Å². The van der Waals surface area contributed by atoms with Crippen LogP contribution >= 0.6 is 0 Å². The van der Waals surface area contributed by atoms with Crippen LogP contribution in [0.5, 0.6) is 0 Å². The molecule has 1 aromatic heterocycles. The summed E-state index contributed by atoms with van der Waals surface area (Å²) in [4.78, 5) is 3.90. The fourth-order valence-corrected chi connectivity index (χ4v) is 0.935. The lowest BCUT2D eigenvalue weighted by molar-refractivity contribution is 0.292. The van der Waals surface area contributed by atoms with Gasteiger partial charge in [0.05, 0.1) is 17.4 Å². The first kappa shape index (κ1) is 9.49. The molecular formula is C9H11N3O. The summed E-state index contributed by atoms with van der Waals surface area (Å²) in [5, 5.41) is 20.3. The van der Waals surface area contributed by atoms with Crippen LogP contribution in [0.3, 0.4) is 0 Å². The van der Waals surface area contributed by atoms with E-state index >= 15 is 0 Å². The minimum Gasteiger partial charge on any atom is -0.396 e. The number of nitrogens with one attached hydrogen (secondary N) is 1. The second-order valence-corrected chi connectivity index (χ2v) is 2.54. The number of nitrogens with zero attached hydrogens (tertiary/aromatic N) is 2. The number of pyridine rings is 1. The molecule has 0 fully saturated rings. The molecule has 0 saturated heterocycles. The maximum absolute atomic E-state index is 8.71. The Bertz CT molecular complexity index is 306. The minimum atomic E-state index is 0.148. The number of nitriles is 1. The van der Waals surface area contributed by atoms with Gasteiger partial charge in [-0.05, 0) is 12.5 Å². The molecule has 4 heteroatoms. The SMILES string of the molecule is N#Cc1ccncc1NCCCO. The van der Waals surface area contributed by atoms with Crippen LogP contribution in [0.1, 0.15) is 12.0 Å². The summed E-state index contributed by atoms with van der Waals surface area (Å²) in [5.41, 5.74) is 1.30. The Morgan fingerprint density at radius 2 is 2.46 bits per heavy atom. The zero-order chi connectivity index (χ0) is 9.52. The van der Waals surface area contributed by atoms with Crippen LogP contribution in [-0.2, 0) is 0 Å². The van der Waals surface area contributed by atoms with Crippen LogP contribution in [0.25, 0.3) is 0 Å². The molecule has 0 saturated carbocycles. The van der Waals surface area contributed by atoms with Crippen molar-refractivity contribution in [3.8, 4) is 6.07 Å². The van der Waals surface area contributed by atoms with Gasteiger partial charge in [0.15, 0.2) is 0 Å². The number of aliphatic hydroxyl groups is 1. The van der Waals surface area contributed by atoms with Crippen molar-refractivity contribution in [2.45, 2.75) is 6.42 Å². The van der Waals surface area contributed by atoms with E-state index in [-0.39, 0.29) is 6.61 Å². The van der Waals surface area contributed by atoms with Crippen molar-refractivity contribution >= 4 is 5.69 Å². The molecule has 0 aliphatic heterocycles. The van der Waals surface area contributed by atoms with Crippen molar-refractivity contribution in [2.24, 2.45) is 0 Å². The Morgan fingerprint density at radius 3 is 3.15 bits per heavy atom. The Kier molecular flexibility index (Phi) is 3.74. The summed E-state index contributed by atoms with van der Waals surface area (Å²) < 4.78 is 0. The highest BCUT2D eigenvalue weighted by Crippen LogP contribution is 2.10. The van der Waals surface area contributed by atoms with E-state index in [1.807, 2.05) is 0 Å². The van der Waals surface area contributed by atoms with Crippen molar-refractivity contribution in [3.63, 3.8) is 0 Å². The first-order valence-electron chi connectivity index (χ1n) is 4.07. The lowest BCUT2D eigenvalue weighted by Gasteiger charge is -2.05. The van der Waals surface area contributed by atoms with Crippen LogP contribution < -0.4 is 5.32 Å². The molecule has 68 valence electrons. The van der Waals surface area contributed by atoms with Gasteiger partial charge >= 0.3 is 0 Å². The summed E-state index contributed by atoms with van der Waals surface area (Å²) in [6.07, 6.45) is 3.85. The molecule has 0 bridgehead atoms. The van der Waals surface area contributed by atoms with Gasteiger partial charge in [-0.1, -0.05) is 0 Å². The summed E-state index contributed by atoms with van der Waals surface area (Å²) in [6, 6.07) is 3.71. The molecule has 0 amide bonds. The van der Waals surface area contributed by atoms with Crippen LogP contribution in [0, 0.1) is 11.3 Å². The predicted octanol–water partition coefficient (Wildman–Crippen LogP) is 0.748. The summed E-state index contributed by atoms with van der Waals surface area (Å²) >= 11 is 0. The molecule has 2 N–H and O–H groups in total. The first-order chi connectivity index (χ1) is 6.38. The average Bonchev–Trinajstić information content (AvgIpc) is 2.19. The van der Waals surface area contributed by atoms with Crippen molar-refractivity contribution in [2.75, 3.05) is 18.5 Å². The first-order valence-corrected chi connectivity index (χ1v) is 4.07. The molecule has 1 aromatic rings. The molecule has 0 radical (unpaired) electrons. The lowest BCUT2D eigenvalue weighted by atomic mass is 10.2. The summed E-state index contributed by atoms with van der Waals surface area (Å²) in [7, 11) is 0. The molecule has 0 aliphatic rings. The third-order valence-corrected chi connectivity index (χ3v) is 1.59. The van der Waals surface area contributed by atoms with E-state index in [1.165, 1.54) is 0 Å². The average molecular weight is 177 g/mol. The quantitative estimate of drug-likeness (QED) is 0.666. The maximum atomic E-state index is 8.71. The van der Waals surface area contributed by atoms with E-state index in [2.05, 4.69) is 16.4 Å². The zero-order valence-electron chi connectivity index (χ0n) is 7.20. The van der Waals surface area contributed by atoms with Gasteiger partial charge in [-0.15, -0.1) is 0 Å². The molecule has 0 aromatic carbocycles. The third-order valence-electron chi connectivity index (χ3n) is 1.59. The molecule has 0 atom stereocenters. The van der Waals surface area contributed by atoms with Crippen LogP contribution in [0.2, 0.25) is 0 Å². The molecule has 13 heavy (non-hydrogen) atoms. The Labute approximate surface area is 76.8 Å². The standard InChI is InChI=1S/C9H11N3O/c10-6-8-2-4-11-7-9(8)12-3-1-5-13/h2,4,7,12-13H,1,3,5H2. The number of aliphatic hydroxyl groups excluding tert-OH is 1. The fraction of sp³-hybridized carbons (Fsp3) is 0.333. The van der Waals surface area contributed by atoms with E-state index in [4.69, 9.17) is 10.4 Å². The zero-order valence-corrected chi connectivity index (χ0v) is 7.20. The number of anilines is 1. The van der Waals surface area contributed by atoms with Gasteiger partial charge in [-0.3, -0.25) is 4.98 Å². The Hall–Kier alpha value is -1.60. The second kappa shape index (κ2) is 5.12. The van der Waals surface area contributed by atoms with Gasteiger partial charge < -0.3 is 10.4 Å². The van der Waals surface area contributed by atoms with Crippen molar-refractivity contribution in [3.05, 3.63) is 24.0 Å². The van der Waals surface area contributed by atoms with Crippen LogP contribution in [0.15, 0.2) is 18.5 Å². The highest BCUT2D eigenvalue weighted by Gasteiger charge is 1.98. The van der Waals surface area contributed by atoms with Gasteiger partial charge in [0, 0.05) is 19.3 Å². The molecule has 4 nitrogen and oxygen atoms in total. The number of rotatable bonds is 4. The third kappa shape index (κ3) is 2.73. The maximum Gasteiger partial charge on any atom is 0.101 e. The minimum absolute atomic E-state index is 0.148. The molecule has 0 unspecified atom stereocenters. The molecule has 0 spiro atoms. The predicted molar refractivity (Wildman–Crippen MR) is 49.1 cm³/mol. The van der Waals surface area contributed by atoms with E-state index in [0.717, 1.165) is 5.69 Å². The Balaban J connectivity index is 2.60. The largest absolute Gasteiger partial charge is 0.396 e. The van der Waals surface area contributed by atoms with Gasteiger partial charge in [0.1, 0.15) is 6.07 Å². The van der Waals surface area contributed by atoms with E-state index in [9.17, 15) is 0 Å². The highest BCUT2D eigenvalue weighted by molar-refractivity contribution is 5.55. The van der Waals surface area contributed by atoms with Crippen molar-refractivity contribution in [1.29, 1.82) is 5.26 Å². The van der Waals surface area contributed by atoms with E-state index in [1.54, 1.807) is 18.5 Å². The second-order valence-electron chi connectivity index (χ2n) is 2.54. The van der Waals surface area contributed by atoms with E-state index in [0.29, 0.717) is 18.5 Å². The van der Waals surface area contributed by atoms with Crippen LogP contribution in [-0.4, -0.2) is 23.2 Å². The van der Waals surface area contributed by atoms with Crippen molar-refractivity contribution < 1.29 is 5.11 Å². The van der Waals surface area contributed by atoms with Crippen LogP contribution in [0.4, 0.5) is 5.69 Å². The van der Waals surface area contributed by atoms with Gasteiger partial charge in [-0.25, -0.2) is 0 Å². The fourth-order valence-electron chi connectivity index (χ4n) is 0.935. The van der Waals surface area contributed by atoms with Crippen molar-refractivity contribution in [1.82, 2.24) is 4.98 Å². The lowest BCUT2D eigenvalue weighted by Crippen LogP contribution is -2.05. The summed E-state index contributed by atoms with van der Waals surface area (Å²) in [5.74, 6) is 0. The number of hydrogen-bond donors (Lipinski definition) is 2.